The van der Waals surface area contributed by atoms with Crippen LogP contribution in [0.25, 0.3) is 11.0 Å². The fraction of sp³-hybridized carbons (Fsp3) is 0.412. The Balaban J connectivity index is 1.75. The first-order valence-electron chi connectivity index (χ1n) is 8.26. The Kier molecular flexibility index (Phi) is 4.88. The molecule has 3 aromatic rings. The predicted octanol–water partition coefficient (Wildman–Crippen LogP) is 1.96. The highest BCUT2D eigenvalue weighted by Crippen LogP contribution is 2.22. The van der Waals surface area contributed by atoms with E-state index < -0.39 is 0 Å². The number of hydrogen-bond acceptors (Lipinski definition) is 4. The van der Waals surface area contributed by atoms with Crippen LogP contribution in [-0.2, 0) is 17.8 Å². The molecule has 0 saturated heterocycles. The average Bonchev–Trinajstić information content (AvgIpc) is 3.21. The van der Waals surface area contributed by atoms with Crippen molar-refractivity contribution in [2.24, 2.45) is 0 Å². The first-order valence-corrected chi connectivity index (χ1v) is 8.26. The minimum Gasteiger partial charge on any atom is -0.353 e. The molecule has 0 aliphatic carbocycles. The lowest BCUT2D eigenvalue weighted by Crippen LogP contribution is -2.33. The fourth-order valence-electron chi connectivity index (χ4n) is 2.84. The van der Waals surface area contributed by atoms with E-state index in [0.717, 1.165) is 29.7 Å². The Morgan fingerprint density at radius 3 is 2.75 bits per heavy atom. The predicted molar refractivity (Wildman–Crippen MR) is 91.5 cm³/mol. The van der Waals surface area contributed by atoms with Crippen molar-refractivity contribution in [3.8, 4) is 0 Å². The van der Waals surface area contributed by atoms with Crippen LogP contribution in [0.1, 0.15) is 32.1 Å². The molecule has 0 aliphatic rings. The first-order chi connectivity index (χ1) is 11.7. The zero-order valence-corrected chi connectivity index (χ0v) is 14.0. The van der Waals surface area contributed by atoms with Crippen molar-refractivity contribution in [3.63, 3.8) is 0 Å². The van der Waals surface area contributed by atoms with Crippen LogP contribution in [0.2, 0.25) is 0 Å². The molecule has 1 N–H and O–H groups in total. The molecule has 0 unspecified atom stereocenters. The summed E-state index contributed by atoms with van der Waals surface area (Å²) in [5.74, 6) is 0.948. The molecular weight excluding hydrogens is 304 g/mol. The number of benzene rings is 1. The van der Waals surface area contributed by atoms with Gasteiger partial charge in [0, 0.05) is 19.5 Å². The second kappa shape index (κ2) is 7.25. The van der Waals surface area contributed by atoms with Crippen molar-refractivity contribution >= 4 is 16.9 Å². The molecule has 0 aliphatic heterocycles. The first kappa shape index (κ1) is 16.2. The highest BCUT2D eigenvalue weighted by atomic mass is 16.2. The standard InChI is InChI=1S/C17H22N6O/c1-3-6-16-21-14-7-4-5-8-15(14)23(16)13(2)17(24)18-9-10-22-11-19-20-12-22/h4-5,7-8,11-13H,3,6,9-10H2,1-2H3,(H,18,24)/t13-/m0/s1. The highest BCUT2D eigenvalue weighted by Gasteiger charge is 2.20. The summed E-state index contributed by atoms with van der Waals surface area (Å²) in [4.78, 5) is 17.3. The van der Waals surface area contributed by atoms with Crippen molar-refractivity contribution in [1.82, 2.24) is 29.6 Å². The zero-order chi connectivity index (χ0) is 16.9. The van der Waals surface area contributed by atoms with Crippen LogP contribution in [0, 0.1) is 0 Å². The fourth-order valence-corrected chi connectivity index (χ4v) is 2.84. The van der Waals surface area contributed by atoms with Gasteiger partial charge in [0.2, 0.25) is 5.91 Å². The molecule has 24 heavy (non-hydrogen) atoms. The maximum atomic E-state index is 12.6. The van der Waals surface area contributed by atoms with Crippen LogP contribution in [0.4, 0.5) is 0 Å². The summed E-state index contributed by atoms with van der Waals surface area (Å²) in [6, 6.07) is 7.65. The molecule has 7 heteroatoms. The van der Waals surface area contributed by atoms with Crippen molar-refractivity contribution in [2.75, 3.05) is 6.54 Å². The van der Waals surface area contributed by atoms with Crippen LogP contribution in [0.3, 0.4) is 0 Å². The number of amides is 1. The molecule has 2 aromatic heterocycles. The SMILES string of the molecule is CCCc1nc2ccccc2n1[C@@H](C)C(=O)NCCn1cnnc1. The number of nitrogens with zero attached hydrogens (tertiary/aromatic N) is 5. The number of aryl methyl sites for hydroxylation is 1. The Labute approximate surface area is 140 Å². The lowest BCUT2D eigenvalue weighted by Gasteiger charge is -2.17. The van der Waals surface area contributed by atoms with E-state index in [1.807, 2.05) is 40.3 Å². The van der Waals surface area contributed by atoms with Crippen LogP contribution < -0.4 is 5.32 Å². The lowest BCUT2D eigenvalue weighted by molar-refractivity contribution is -0.123. The third kappa shape index (κ3) is 3.29. The van der Waals surface area contributed by atoms with E-state index in [4.69, 9.17) is 0 Å². The summed E-state index contributed by atoms with van der Waals surface area (Å²) < 4.78 is 3.88. The maximum Gasteiger partial charge on any atom is 0.242 e. The highest BCUT2D eigenvalue weighted by molar-refractivity contribution is 5.84. The number of fused-ring (bicyclic) bond motifs is 1. The molecule has 1 aromatic carbocycles. The number of carbonyl (C=O) groups excluding carboxylic acids is 1. The number of hydrogen-bond donors (Lipinski definition) is 1. The molecule has 0 radical (unpaired) electrons. The van der Waals surface area contributed by atoms with Gasteiger partial charge in [-0.25, -0.2) is 4.98 Å². The van der Waals surface area contributed by atoms with Gasteiger partial charge in [0.05, 0.1) is 11.0 Å². The normalized spacial score (nSPS) is 12.4. The summed E-state index contributed by atoms with van der Waals surface area (Å²) in [5.41, 5.74) is 1.94. The number of nitrogens with one attached hydrogen (secondary N) is 1. The van der Waals surface area contributed by atoms with E-state index in [1.165, 1.54) is 0 Å². The minimum absolute atomic E-state index is 0.0106. The van der Waals surface area contributed by atoms with Crippen molar-refractivity contribution in [2.45, 2.75) is 39.3 Å². The molecule has 1 atom stereocenters. The summed E-state index contributed by atoms with van der Waals surface area (Å²) in [6.45, 7) is 5.23. The van der Waals surface area contributed by atoms with Gasteiger partial charge in [0.1, 0.15) is 24.5 Å². The van der Waals surface area contributed by atoms with Crippen molar-refractivity contribution < 1.29 is 4.79 Å². The van der Waals surface area contributed by atoms with Gasteiger partial charge in [-0.3, -0.25) is 4.79 Å². The average molecular weight is 326 g/mol. The maximum absolute atomic E-state index is 12.6. The molecule has 2 heterocycles. The minimum atomic E-state index is -0.306. The number of para-hydroxylation sites is 2. The Morgan fingerprint density at radius 1 is 1.25 bits per heavy atom. The van der Waals surface area contributed by atoms with Gasteiger partial charge >= 0.3 is 0 Å². The smallest absolute Gasteiger partial charge is 0.242 e. The quantitative estimate of drug-likeness (QED) is 0.720. The number of imidazole rings is 1. The molecule has 1 amide bonds. The Bertz CT molecular complexity index is 808. The van der Waals surface area contributed by atoms with Gasteiger partial charge in [0.25, 0.3) is 0 Å². The number of aromatic nitrogens is 5. The molecule has 0 fully saturated rings. The third-order valence-electron chi connectivity index (χ3n) is 4.05. The van der Waals surface area contributed by atoms with Crippen molar-refractivity contribution in [3.05, 3.63) is 42.7 Å². The van der Waals surface area contributed by atoms with Gasteiger partial charge < -0.3 is 14.5 Å². The van der Waals surface area contributed by atoms with Gasteiger partial charge in [-0.1, -0.05) is 19.1 Å². The topological polar surface area (TPSA) is 77.6 Å². The van der Waals surface area contributed by atoms with Crippen LogP contribution in [0.15, 0.2) is 36.9 Å². The second-order valence-electron chi connectivity index (χ2n) is 5.80. The third-order valence-corrected chi connectivity index (χ3v) is 4.05. The molecule has 7 nitrogen and oxygen atoms in total. The summed E-state index contributed by atoms with van der Waals surface area (Å²) in [7, 11) is 0. The van der Waals surface area contributed by atoms with Crippen LogP contribution in [-0.4, -0.2) is 36.8 Å². The molecule has 0 saturated carbocycles. The monoisotopic (exact) mass is 326 g/mol. The van der Waals surface area contributed by atoms with E-state index in [-0.39, 0.29) is 11.9 Å². The van der Waals surface area contributed by atoms with E-state index in [9.17, 15) is 4.79 Å². The molecular formula is C17H22N6O. The molecule has 0 bridgehead atoms. The van der Waals surface area contributed by atoms with Gasteiger partial charge in [-0.05, 0) is 25.5 Å². The summed E-state index contributed by atoms with van der Waals surface area (Å²) in [5, 5.41) is 10.5. The summed E-state index contributed by atoms with van der Waals surface area (Å²) in [6.07, 6.45) is 5.12. The molecule has 126 valence electrons. The van der Waals surface area contributed by atoms with E-state index in [0.29, 0.717) is 13.1 Å². The number of rotatable bonds is 7. The summed E-state index contributed by atoms with van der Waals surface area (Å²) >= 11 is 0. The van der Waals surface area contributed by atoms with Gasteiger partial charge in [-0.2, -0.15) is 0 Å². The second-order valence-corrected chi connectivity index (χ2v) is 5.80. The Morgan fingerprint density at radius 2 is 2.00 bits per heavy atom. The van der Waals surface area contributed by atoms with E-state index in [2.05, 4.69) is 27.4 Å². The molecule has 0 spiro atoms. The van der Waals surface area contributed by atoms with Gasteiger partial charge in [0.15, 0.2) is 0 Å². The molecule has 3 rings (SSSR count). The Hall–Kier alpha value is -2.70. The van der Waals surface area contributed by atoms with Crippen LogP contribution >= 0.6 is 0 Å². The lowest BCUT2D eigenvalue weighted by atomic mass is 10.2. The van der Waals surface area contributed by atoms with Crippen LogP contribution in [0.5, 0.6) is 0 Å². The van der Waals surface area contributed by atoms with Gasteiger partial charge in [-0.15, -0.1) is 10.2 Å². The largest absolute Gasteiger partial charge is 0.353 e. The van der Waals surface area contributed by atoms with E-state index >= 15 is 0 Å². The van der Waals surface area contributed by atoms with Crippen molar-refractivity contribution in [1.29, 1.82) is 0 Å². The zero-order valence-electron chi connectivity index (χ0n) is 14.0. The number of carbonyl (C=O) groups is 1. The van der Waals surface area contributed by atoms with E-state index in [1.54, 1.807) is 12.7 Å².